The fourth-order valence-corrected chi connectivity index (χ4v) is 5.07. The van der Waals surface area contributed by atoms with Crippen molar-refractivity contribution in [2.45, 2.75) is 66.0 Å². The van der Waals surface area contributed by atoms with Crippen LogP contribution in [-0.4, -0.2) is 50.6 Å². The molecule has 2 aromatic carbocycles. The first-order valence-corrected chi connectivity index (χ1v) is 13.6. The van der Waals surface area contributed by atoms with E-state index in [1.54, 1.807) is 12.1 Å². The minimum absolute atomic E-state index is 0.234. The molecule has 0 saturated carbocycles. The van der Waals surface area contributed by atoms with Crippen molar-refractivity contribution < 1.29 is 9.90 Å². The second kappa shape index (κ2) is 12.2. The van der Waals surface area contributed by atoms with Gasteiger partial charge < -0.3 is 15.0 Å². The quantitative estimate of drug-likeness (QED) is 0.279. The van der Waals surface area contributed by atoms with Crippen LogP contribution in [0.15, 0.2) is 42.5 Å². The summed E-state index contributed by atoms with van der Waals surface area (Å²) in [7, 11) is 1.83. The van der Waals surface area contributed by atoms with Crippen molar-refractivity contribution >= 4 is 33.7 Å². The molecule has 2 aromatic heterocycles. The largest absolute Gasteiger partial charge is 0.478 e. The summed E-state index contributed by atoms with van der Waals surface area (Å²) in [6, 6.07) is 14.1. The molecule has 1 fully saturated rings. The normalized spacial score (nSPS) is 13.6. The van der Waals surface area contributed by atoms with Crippen LogP contribution in [0.2, 0.25) is 0 Å². The number of likely N-dealkylation sites (tertiary alicyclic amines) is 1. The number of hydrogen-bond donors (Lipinski definition) is 2. The Labute approximate surface area is 219 Å². The van der Waals surface area contributed by atoms with Crippen LogP contribution in [-0.2, 0) is 19.5 Å². The van der Waals surface area contributed by atoms with Crippen molar-refractivity contribution in [2.24, 2.45) is 0 Å². The highest BCUT2D eigenvalue weighted by Gasteiger charge is 2.19. The van der Waals surface area contributed by atoms with E-state index in [4.69, 9.17) is 9.97 Å². The Hall–Kier alpha value is -3.45. The predicted molar refractivity (Wildman–Crippen MR) is 152 cm³/mol. The molecular formula is C30H39N5O2. The molecule has 1 aliphatic rings. The van der Waals surface area contributed by atoms with Gasteiger partial charge >= 0.3 is 5.97 Å². The average molecular weight is 502 g/mol. The zero-order chi connectivity index (χ0) is 26.4. The molecule has 0 atom stereocenters. The third-order valence-corrected chi connectivity index (χ3v) is 6.96. The van der Waals surface area contributed by atoms with E-state index >= 15 is 0 Å². The second-order valence-corrected chi connectivity index (χ2v) is 9.46. The van der Waals surface area contributed by atoms with E-state index in [0.29, 0.717) is 17.9 Å². The Morgan fingerprint density at radius 1 is 1.00 bits per heavy atom. The number of aromatic nitrogens is 3. The Bertz CT molecular complexity index is 1350. The topological polar surface area (TPSA) is 83.3 Å². The van der Waals surface area contributed by atoms with Crippen LogP contribution in [0.4, 0.5) is 5.82 Å². The number of pyridine rings is 1. The number of fused-ring (bicyclic) bond motifs is 3. The lowest BCUT2D eigenvalue weighted by Gasteiger charge is -2.15. The van der Waals surface area contributed by atoms with Crippen LogP contribution in [0, 0.1) is 0 Å². The van der Waals surface area contributed by atoms with E-state index in [0.717, 1.165) is 48.1 Å². The molecule has 196 valence electrons. The van der Waals surface area contributed by atoms with Crippen LogP contribution in [0.5, 0.6) is 0 Å². The molecular weight excluding hydrogens is 462 g/mol. The molecule has 7 heteroatoms. The average Bonchev–Trinajstić information content (AvgIpc) is 3.57. The first-order valence-electron chi connectivity index (χ1n) is 13.6. The number of unbranched alkanes of at least 4 members (excludes halogenated alkanes) is 1. The monoisotopic (exact) mass is 501 g/mol. The molecule has 0 bridgehead atoms. The Morgan fingerprint density at radius 3 is 2.30 bits per heavy atom. The van der Waals surface area contributed by atoms with Gasteiger partial charge in [0.2, 0.25) is 0 Å². The van der Waals surface area contributed by atoms with Crippen LogP contribution in [0.3, 0.4) is 0 Å². The van der Waals surface area contributed by atoms with Gasteiger partial charge in [-0.2, -0.15) is 0 Å². The second-order valence-electron chi connectivity index (χ2n) is 9.46. The minimum Gasteiger partial charge on any atom is -0.478 e. The Kier molecular flexibility index (Phi) is 8.77. The molecule has 2 N–H and O–H groups in total. The number of carboxylic acids is 1. The highest BCUT2D eigenvalue weighted by Crippen LogP contribution is 2.32. The molecule has 4 aromatic rings. The number of benzene rings is 2. The lowest BCUT2D eigenvalue weighted by molar-refractivity contribution is 0.0697. The number of rotatable bonds is 9. The Balaban J connectivity index is 0.00000156. The first-order chi connectivity index (χ1) is 18.1. The van der Waals surface area contributed by atoms with Crippen LogP contribution < -0.4 is 5.32 Å². The number of hydrogen-bond acceptors (Lipinski definition) is 5. The molecule has 37 heavy (non-hydrogen) atoms. The summed E-state index contributed by atoms with van der Waals surface area (Å²) in [5.41, 5.74) is 5.31. The van der Waals surface area contributed by atoms with Gasteiger partial charge in [0.1, 0.15) is 11.3 Å². The van der Waals surface area contributed by atoms with Gasteiger partial charge in [-0.05, 0) is 61.7 Å². The van der Waals surface area contributed by atoms with Crippen molar-refractivity contribution in [3.8, 4) is 0 Å². The van der Waals surface area contributed by atoms with Crippen LogP contribution >= 0.6 is 0 Å². The van der Waals surface area contributed by atoms with Gasteiger partial charge in [0.25, 0.3) is 0 Å². The summed E-state index contributed by atoms with van der Waals surface area (Å²) in [5, 5.41) is 13.6. The minimum atomic E-state index is -0.953. The molecule has 0 amide bonds. The van der Waals surface area contributed by atoms with E-state index in [1.807, 2.05) is 27.0 Å². The summed E-state index contributed by atoms with van der Waals surface area (Å²) >= 11 is 0. The fourth-order valence-electron chi connectivity index (χ4n) is 5.07. The maximum atomic E-state index is 11.6. The number of anilines is 1. The number of nitrogens with one attached hydrogen (secondary N) is 1. The molecule has 7 nitrogen and oxygen atoms in total. The summed E-state index contributed by atoms with van der Waals surface area (Å²) in [5.74, 6) is 0.759. The lowest BCUT2D eigenvalue weighted by Crippen LogP contribution is -2.18. The van der Waals surface area contributed by atoms with Gasteiger partial charge in [0.15, 0.2) is 5.82 Å². The first kappa shape index (κ1) is 26.6. The van der Waals surface area contributed by atoms with E-state index in [2.05, 4.69) is 46.0 Å². The van der Waals surface area contributed by atoms with Crippen molar-refractivity contribution in [3.05, 3.63) is 65.0 Å². The molecule has 5 rings (SSSR count). The van der Waals surface area contributed by atoms with Gasteiger partial charge in [0.05, 0.1) is 16.6 Å². The molecule has 0 radical (unpaired) electrons. The SMILES string of the molecule is CC.CCCCc1nc2c(NC)nc3cc(C(=O)O)ccc3c2n1Cc1ccc(CN2CCCC2)cc1. The highest BCUT2D eigenvalue weighted by molar-refractivity contribution is 6.08. The van der Waals surface area contributed by atoms with E-state index < -0.39 is 5.97 Å². The van der Waals surface area contributed by atoms with E-state index in [9.17, 15) is 9.90 Å². The number of nitrogens with zero attached hydrogens (tertiary/aromatic N) is 4. The zero-order valence-electron chi connectivity index (χ0n) is 22.5. The van der Waals surface area contributed by atoms with Crippen molar-refractivity contribution in [1.82, 2.24) is 19.4 Å². The third-order valence-electron chi connectivity index (χ3n) is 6.96. The van der Waals surface area contributed by atoms with Gasteiger partial charge in [-0.1, -0.05) is 51.5 Å². The Morgan fingerprint density at radius 2 is 1.68 bits per heavy atom. The predicted octanol–water partition coefficient (Wildman–Crippen LogP) is 6.34. The molecule has 0 spiro atoms. The zero-order valence-corrected chi connectivity index (χ0v) is 22.5. The van der Waals surface area contributed by atoms with Crippen LogP contribution in [0.1, 0.15) is 73.8 Å². The maximum absolute atomic E-state index is 11.6. The standard InChI is InChI=1S/C28H33N5O2.C2H6/c1-3-4-7-24-31-25-26(22-13-12-21(28(34)35)16-23(22)30-27(25)29-2)33(24)18-20-10-8-19(9-11-20)17-32-14-5-6-15-32;1-2/h8-13,16H,3-7,14-15,17-18H2,1-2H3,(H,29,30)(H,34,35);1-2H3. The van der Waals surface area contributed by atoms with Gasteiger partial charge in [0, 0.05) is 31.9 Å². The van der Waals surface area contributed by atoms with Crippen molar-refractivity contribution in [1.29, 1.82) is 0 Å². The number of imidazole rings is 1. The molecule has 0 unspecified atom stereocenters. The van der Waals surface area contributed by atoms with Gasteiger partial charge in [-0.15, -0.1) is 0 Å². The summed E-state index contributed by atoms with van der Waals surface area (Å²) in [4.78, 5) is 23.8. The number of carboxylic acid groups (broad SMARTS) is 1. The number of aryl methyl sites for hydroxylation is 1. The summed E-state index contributed by atoms with van der Waals surface area (Å²) in [6.45, 7) is 10.3. The smallest absolute Gasteiger partial charge is 0.335 e. The number of aromatic carboxylic acids is 1. The molecule has 3 heterocycles. The third kappa shape index (κ3) is 5.77. The lowest BCUT2D eigenvalue weighted by atomic mass is 10.1. The summed E-state index contributed by atoms with van der Waals surface area (Å²) < 4.78 is 2.30. The highest BCUT2D eigenvalue weighted by atomic mass is 16.4. The molecule has 1 aliphatic heterocycles. The van der Waals surface area contributed by atoms with Gasteiger partial charge in [-0.25, -0.2) is 14.8 Å². The maximum Gasteiger partial charge on any atom is 0.335 e. The van der Waals surface area contributed by atoms with E-state index in [-0.39, 0.29) is 5.56 Å². The van der Waals surface area contributed by atoms with Crippen LogP contribution in [0.25, 0.3) is 21.9 Å². The van der Waals surface area contributed by atoms with Gasteiger partial charge in [-0.3, -0.25) is 4.90 Å². The molecule has 1 saturated heterocycles. The fraction of sp³-hybridized carbons (Fsp3) is 0.433. The van der Waals surface area contributed by atoms with Crippen molar-refractivity contribution in [2.75, 3.05) is 25.5 Å². The number of carbonyl (C=O) groups is 1. The van der Waals surface area contributed by atoms with Crippen molar-refractivity contribution in [3.63, 3.8) is 0 Å². The van der Waals surface area contributed by atoms with E-state index in [1.165, 1.54) is 37.1 Å². The molecule has 0 aliphatic carbocycles. The summed E-state index contributed by atoms with van der Waals surface area (Å²) in [6.07, 6.45) is 5.64.